The van der Waals surface area contributed by atoms with E-state index in [4.69, 9.17) is 21.6 Å². The number of hydrogen-bond acceptors (Lipinski definition) is 6. The van der Waals surface area contributed by atoms with Crippen LogP contribution in [0.1, 0.15) is 33.9 Å². The van der Waals surface area contributed by atoms with Crippen LogP contribution in [0, 0.1) is 5.41 Å². The number of rotatable bonds is 10. The molecule has 8 nitrogen and oxygen atoms in total. The van der Waals surface area contributed by atoms with Crippen LogP contribution in [0.2, 0.25) is 0 Å². The highest BCUT2D eigenvalue weighted by molar-refractivity contribution is 6.30. The molecule has 3 aromatic rings. The van der Waals surface area contributed by atoms with Crippen molar-refractivity contribution in [2.45, 2.75) is 18.1 Å². The van der Waals surface area contributed by atoms with Crippen molar-refractivity contribution in [3.63, 3.8) is 0 Å². The predicted molar refractivity (Wildman–Crippen MR) is 122 cm³/mol. The Morgan fingerprint density at radius 3 is 1.91 bits per heavy atom. The van der Waals surface area contributed by atoms with Crippen molar-refractivity contribution in [1.29, 1.82) is 5.41 Å². The second-order valence-electron chi connectivity index (χ2n) is 7.37. The molecule has 0 radical (unpaired) electrons. The van der Waals surface area contributed by atoms with Crippen molar-refractivity contribution < 1.29 is 24.2 Å². The first-order valence-electron chi connectivity index (χ1n) is 10.1. The molecule has 3 rings (SSSR count). The minimum absolute atomic E-state index is 0.0373. The van der Waals surface area contributed by atoms with Crippen molar-refractivity contribution in [1.82, 2.24) is 0 Å². The van der Waals surface area contributed by atoms with Gasteiger partial charge in [0.15, 0.2) is 5.78 Å². The quantitative estimate of drug-likeness (QED) is 0.162. The van der Waals surface area contributed by atoms with E-state index in [1.54, 1.807) is 48.5 Å². The van der Waals surface area contributed by atoms with Crippen LogP contribution >= 0.6 is 0 Å². The summed E-state index contributed by atoms with van der Waals surface area (Å²) in [5.41, 5.74) is 9.62. The number of nitrogens with one attached hydrogen (secondary N) is 1. The summed E-state index contributed by atoms with van der Waals surface area (Å²) in [6.07, 6.45) is -0.444. The van der Waals surface area contributed by atoms with E-state index >= 15 is 0 Å². The van der Waals surface area contributed by atoms with Gasteiger partial charge in [-0.1, -0.05) is 72.8 Å². The maximum absolute atomic E-state index is 13.5. The lowest BCUT2D eigenvalue weighted by molar-refractivity contribution is -0.157. The summed E-state index contributed by atoms with van der Waals surface area (Å²) in [6, 6.07) is 21.0. The summed E-state index contributed by atoms with van der Waals surface area (Å²) in [5, 5.41) is 17.6. The van der Waals surface area contributed by atoms with Crippen LogP contribution in [-0.4, -0.2) is 34.1 Å². The Balaban J connectivity index is 2.05. The molecule has 0 aliphatic carbocycles. The van der Waals surface area contributed by atoms with Gasteiger partial charge in [0.2, 0.25) is 5.78 Å². The van der Waals surface area contributed by atoms with Crippen molar-refractivity contribution >= 4 is 23.4 Å². The average molecular weight is 445 g/mol. The van der Waals surface area contributed by atoms with E-state index in [-0.39, 0.29) is 17.1 Å². The standard InChI is InChI=1S/C25H23N3O5/c26-20(16-7-3-1-4-8-16)15-21(29)25(24(31)32,33-19-9-5-2-6-10-19)22(30)17-11-13-18(14-12-17)23(27)28/h1-14,20H,15,26H2,(H3,27,28)(H,31,32). The molecule has 8 heteroatoms. The van der Waals surface area contributed by atoms with E-state index in [9.17, 15) is 19.5 Å². The number of benzene rings is 3. The number of para-hydroxylation sites is 1. The number of hydrogen-bond donors (Lipinski definition) is 4. The number of amidine groups is 1. The number of ether oxygens (including phenoxy) is 1. The smallest absolute Gasteiger partial charge is 0.364 e. The molecule has 0 aromatic heterocycles. The number of carbonyl (C=O) groups excluding carboxylic acids is 2. The van der Waals surface area contributed by atoms with Gasteiger partial charge in [-0.3, -0.25) is 15.0 Å². The molecule has 0 saturated carbocycles. The van der Waals surface area contributed by atoms with E-state index in [0.29, 0.717) is 11.1 Å². The van der Waals surface area contributed by atoms with Crippen LogP contribution in [0.4, 0.5) is 0 Å². The van der Waals surface area contributed by atoms with Crippen molar-refractivity contribution in [2.75, 3.05) is 0 Å². The molecule has 0 aliphatic heterocycles. The summed E-state index contributed by atoms with van der Waals surface area (Å²) in [6.45, 7) is 0. The zero-order chi connectivity index (χ0) is 24.0. The molecule has 3 aromatic carbocycles. The number of nitrogen functional groups attached to an aromatic ring is 1. The maximum Gasteiger partial charge on any atom is 0.364 e. The highest BCUT2D eigenvalue weighted by Crippen LogP contribution is 2.28. The Bertz CT molecular complexity index is 1160. The van der Waals surface area contributed by atoms with Gasteiger partial charge < -0.3 is 21.3 Å². The van der Waals surface area contributed by atoms with Gasteiger partial charge in [-0.25, -0.2) is 4.79 Å². The maximum atomic E-state index is 13.5. The van der Waals surface area contributed by atoms with Crippen LogP contribution in [-0.2, 0) is 9.59 Å². The lowest BCUT2D eigenvalue weighted by atomic mass is 9.84. The number of carboxylic acids is 1. The highest BCUT2D eigenvalue weighted by Gasteiger charge is 2.56. The zero-order valence-corrected chi connectivity index (χ0v) is 17.6. The molecule has 0 heterocycles. The molecule has 0 aliphatic rings. The first-order valence-corrected chi connectivity index (χ1v) is 10.1. The Hall–Kier alpha value is -4.30. The molecule has 6 N–H and O–H groups in total. The summed E-state index contributed by atoms with van der Waals surface area (Å²) in [5.74, 6) is -3.98. The summed E-state index contributed by atoms with van der Waals surface area (Å²) in [4.78, 5) is 39.4. The second kappa shape index (κ2) is 9.88. The lowest BCUT2D eigenvalue weighted by Crippen LogP contribution is -2.58. The van der Waals surface area contributed by atoms with Crippen molar-refractivity contribution in [3.8, 4) is 5.75 Å². The van der Waals surface area contributed by atoms with Gasteiger partial charge in [-0.05, 0) is 17.7 Å². The van der Waals surface area contributed by atoms with Gasteiger partial charge in [0, 0.05) is 23.6 Å². The Morgan fingerprint density at radius 2 is 1.39 bits per heavy atom. The molecule has 0 saturated heterocycles. The minimum atomic E-state index is -2.86. The van der Waals surface area contributed by atoms with Crippen molar-refractivity contribution in [3.05, 3.63) is 102 Å². The van der Waals surface area contributed by atoms with Crippen LogP contribution < -0.4 is 16.2 Å². The summed E-state index contributed by atoms with van der Waals surface area (Å²) < 4.78 is 5.63. The van der Waals surface area contributed by atoms with E-state index < -0.39 is 35.6 Å². The largest absolute Gasteiger partial charge is 0.478 e. The topological polar surface area (TPSA) is 157 Å². The molecule has 2 unspecified atom stereocenters. The molecular weight excluding hydrogens is 422 g/mol. The molecule has 0 spiro atoms. The predicted octanol–water partition coefficient (Wildman–Crippen LogP) is 2.71. The van der Waals surface area contributed by atoms with E-state index in [0.717, 1.165) is 0 Å². The number of nitrogens with two attached hydrogens (primary N) is 2. The fourth-order valence-electron chi connectivity index (χ4n) is 3.32. The van der Waals surface area contributed by atoms with Crippen LogP contribution in [0.3, 0.4) is 0 Å². The fraction of sp³-hybridized carbons (Fsp3) is 0.120. The number of aliphatic carboxylic acids is 1. The van der Waals surface area contributed by atoms with Gasteiger partial charge >= 0.3 is 11.6 Å². The van der Waals surface area contributed by atoms with Crippen molar-refractivity contribution in [2.24, 2.45) is 11.5 Å². The SMILES string of the molecule is N=C(N)c1ccc(C(=O)C(Oc2ccccc2)(C(=O)O)C(=O)CC(N)c2ccccc2)cc1. The Labute approximate surface area is 190 Å². The van der Waals surface area contributed by atoms with Crippen LogP contribution in [0.15, 0.2) is 84.9 Å². The number of ketones is 2. The zero-order valence-electron chi connectivity index (χ0n) is 17.6. The monoisotopic (exact) mass is 445 g/mol. The molecular formula is C25H23N3O5. The normalized spacial score (nSPS) is 13.4. The van der Waals surface area contributed by atoms with Gasteiger partial charge in [0.25, 0.3) is 0 Å². The first-order chi connectivity index (χ1) is 15.8. The molecule has 168 valence electrons. The molecule has 0 amide bonds. The molecule has 0 fully saturated rings. The summed E-state index contributed by atoms with van der Waals surface area (Å²) >= 11 is 0. The van der Waals surface area contributed by atoms with E-state index in [1.165, 1.54) is 36.4 Å². The highest BCUT2D eigenvalue weighted by atomic mass is 16.5. The van der Waals surface area contributed by atoms with Crippen LogP contribution in [0.25, 0.3) is 0 Å². The van der Waals surface area contributed by atoms with Gasteiger partial charge in [-0.15, -0.1) is 0 Å². The van der Waals surface area contributed by atoms with E-state index in [2.05, 4.69) is 0 Å². The van der Waals surface area contributed by atoms with Crippen LogP contribution in [0.5, 0.6) is 5.75 Å². The Morgan fingerprint density at radius 1 is 0.879 bits per heavy atom. The third-order valence-corrected chi connectivity index (χ3v) is 5.12. The average Bonchev–Trinajstić information content (AvgIpc) is 2.83. The first kappa shape index (κ1) is 23.4. The van der Waals surface area contributed by atoms with Gasteiger partial charge in [-0.2, -0.15) is 0 Å². The summed E-state index contributed by atoms with van der Waals surface area (Å²) in [7, 11) is 0. The minimum Gasteiger partial charge on any atom is -0.478 e. The molecule has 0 bridgehead atoms. The number of carboxylic acid groups (broad SMARTS) is 1. The molecule has 2 atom stereocenters. The third-order valence-electron chi connectivity index (χ3n) is 5.12. The van der Waals surface area contributed by atoms with E-state index in [1.807, 2.05) is 0 Å². The third kappa shape index (κ3) is 4.97. The number of carbonyl (C=O) groups is 3. The second-order valence-corrected chi connectivity index (χ2v) is 7.37. The molecule has 33 heavy (non-hydrogen) atoms. The lowest BCUT2D eigenvalue weighted by Gasteiger charge is -2.29. The van der Waals surface area contributed by atoms with Gasteiger partial charge in [0.05, 0.1) is 0 Å². The fourth-order valence-corrected chi connectivity index (χ4v) is 3.32. The Kier molecular flexibility index (Phi) is 7.00. The van der Waals surface area contributed by atoms with Gasteiger partial charge in [0.1, 0.15) is 11.6 Å². The number of Topliss-reactive ketones (excluding diaryl/α,β-unsaturated/α-hetero) is 2.